The molecule has 1 aromatic carbocycles. The molecular weight excluding hydrogens is 256 g/mol. The van der Waals surface area contributed by atoms with Crippen molar-refractivity contribution < 1.29 is 14.7 Å². The molecule has 1 fully saturated rings. The Hall–Kier alpha value is -2.30. The number of likely N-dealkylation sites (tertiary alicyclic amines) is 1. The van der Waals surface area contributed by atoms with Gasteiger partial charge in [-0.05, 0) is 36.6 Å². The van der Waals surface area contributed by atoms with Gasteiger partial charge in [0.05, 0.1) is 0 Å². The molecule has 5 heteroatoms. The highest BCUT2D eigenvalue weighted by atomic mass is 16.4. The fourth-order valence-corrected chi connectivity index (χ4v) is 2.80. The van der Waals surface area contributed by atoms with Crippen LogP contribution < -0.4 is 0 Å². The Kier molecular flexibility index (Phi) is 3.18. The van der Waals surface area contributed by atoms with Crippen LogP contribution in [0.4, 0.5) is 0 Å². The quantitative estimate of drug-likeness (QED) is 0.898. The second-order valence-corrected chi connectivity index (χ2v) is 5.28. The number of nitrogens with zero attached hydrogens (tertiary/aromatic N) is 1. The highest BCUT2D eigenvalue weighted by Crippen LogP contribution is 2.22. The SMILES string of the molecule is O=C(O)CC1CCN(C(=O)c2ccc3[nH]ccc3c2)C1. The molecule has 0 saturated carbocycles. The third kappa shape index (κ3) is 2.39. The summed E-state index contributed by atoms with van der Waals surface area (Å²) in [5.74, 6) is -0.730. The first-order chi connectivity index (χ1) is 9.63. The Morgan fingerprint density at radius 1 is 1.35 bits per heavy atom. The summed E-state index contributed by atoms with van der Waals surface area (Å²) in [6.07, 6.45) is 2.75. The van der Waals surface area contributed by atoms with Crippen molar-refractivity contribution in [2.75, 3.05) is 13.1 Å². The number of rotatable bonds is 3. The molecule has 2 N–H and O–H groups in total. The van der Waals surface area contributed by atoms with Gasteiger partial charge in [0.1, 0.15) is 0 Å². The maximum atomic E-state index is 12.4. The molecule has 5 nitrogen and oxygen atoms in total. The lowest BCUT2D eigenvalue weighted by atomic mass is 10.1. The number of aromatic amines is 1. The van der Waals surface area contributed by atoms with Gasteiger partial charge in [0.15, 0.2) is 0 Å². The first-order valence-corrected chi connectivity index (χ1v) is 6.71. The Morgan fingerprint density at radius 2 is 2.20 bits per heavy atom. The predicted molar refractivity (Wildman–Crippen MR) is 74.6 cm³/mol. The molecule has 1 saturated heterocycles. The zero-order valence-electron chi connectivity index (χ0n) is 11.0. The molecule has 3 rings (SSSR count). The summed E-state index contributed by atoms with van der Waals surface area (Å²) in [5.41, 5.74) is 1.67. The maximum Gasteiger partial charge on any atom is 0.303 e. The van der Waals surface area contributed by atoms with E-state index in [9.17, 15) is 9.59 Å². The van der Waals surface area contributed by atoms with Gasteiger partial charge in [-0.2, -0.15) is 0 Å². The number of carboxylic acid groups (broad SMARTS) is 1. The van der Waals surface area contributed by atoms with Crippen LogP contribution in [0.5, 0.6) is 0 Å². The van der Waals surface area contributed by atoms with E-state index in [1.165, 1.54) is 0 Å². The van der Waals surface area contributed by atoms with E-state index >= 15 is 0 Å². The van der Waals surface area contributed by atoms with E-state index in [-0.39, 0.29) is 18.2 Å². The van der Waals surface area contributed by atoms with E-state index in [1.54, 1.807) is 4.90 Å². The fraction of sp³-hybridized carbons (Fsp3) is 0.333. The summed E-state index contributed by atoms with van der Waals surface area (Å²) < 4.78 is 0. The lowest BCUT2D eigenvalue weighted by molar-refractivity contribution is -0.138. The molecule has 1 unspecified atom stereocenters. The zero-order valence-corrected chi connectivity index (χ0v) is 11.0. The van der Waals surface area contributed by atoms with Crippen molar-refractivity contribution in [3.05, 3.63) is 36.0 Å². The standard InChI is InChI=1S/C15H16N2O3/c18-14(19)7-10-4-6-17(9-10)15(20)12-1-2-13-11(8-12)3-5-16-13/h1-3,5,8,10,16H,4,6-7,9H2,(H,18,19). The van der Waals surface area contributed by atoms with Crippen molar-refractivity contribution in [1.82, 2.24) is 9.88 Å². The molecule has 1 aromatic heterocycles. The molecule has 104 valence electrons. The van der Waals surface area contributed by atoms with Crippen molar-refractivity contribution in [3.8, 4) is 0 Å². The summed E-state index contributed by atoms with van der Waals surface area (Å²) >= 11 is 0. The van der Waals surface area contributed by atoms with E-state index < -0.39 is 5.97 Å². The van der Waals surface area contributed by atoms with Gasteiger partial charge in [0.25, 0.3) is 5.91 Å². The van der Waals surface area contributed by atoms with E-state index in [4.69, 9.17) is 5.11 Å². The van der Waals surface area contributed by atoms with Gasteiger partial charge in [0, 0.05) is 42.2 Å². The second-order valence-electron chi connectivity index (χ2n) is 5.28. The first kappa shape index (κ1) is 12.7. The number of carbonyl (C=O) groups excluding carboxylic acids is 1. The lowest BCUT2D eigenvalue weighted by Crippen LogP contribution is -2.28. The normalized spacial score (nSPS) is 18.6. The molecule has 0 aliphatic carbocycles. The van der Waals surface area contributed by atoms with E-state index in [0.29, 0.717) is 18.7 Å². The Bertz CT molecular complexity index is 662. The van der Waals surface area contributed by atoms with E-state index in [2.05, 4.69) is 4.98 Å². The number of H-pyrrole nitrogens is 1. The third-order valence-electron chi connectivity index (χ3n) is 3.84. The molecule has 0 bridgehead atoms. The van der Waals surface area contributed by atoms with E-state index in [1.807, 2.05) is 30.5 Å². The van der Waals surface area contributed by atoms with Gasteiger partial charge in [0.2, 0.25) is 0 Å². The molecule has 20 heavy (non-hydrogen) atoms. The number of fused-ring (bicyclic) bond motifs is 1. The second kappa shape index (κ2) is 5.00. The highest BCUT2D eigenvalue weighted by molar-refractivity contribution is 5.98. The molecular formula is C15H16N2O3. The largest absolute Gasteiger partial charge is 0.481 e. The summed E-state index contributed by atoms with van der Waals surface area (Å²) in [6, 6.07) is 7.51. The van der Waals surface area contributed by atoms with Gasteiger partial charge >= 0.3 is 5.97 Å². The Labute approximate surface area is 116 Å². The minimum absolute atomic E-state index is 0.0130. The van der Waals surface area contributed by atoms with Crippen LogP contribution in [0.1, 0.15) is 23.2 Å². The number of hydrogen-bond acceptors (Lipinski definition) is 2. The van der Waals surface area contributed by atoms with Crippen LogP contribution in [-0.4, -0.2) is 40.0 Å². The van der Waals surface area contributed by atoms with E-state index in [0.717, 1.165) is 17.3 Å². The number of nitrogens with one attached hydrogen (secondary N) is 1. The molecule has 1 aliphatic heterocycles. The maximum absolute atomic E-state index is 12.4. The zero-order chi connectivity index (χ0) is 14.1. The van der Waals surface area contributed by atoms with Crippen LogP contribution in [0, 0.1) is 5.92 Å². The van der Waals surface area contributed by atoms with Crippen LogP contribution in [0.3, 0.4) is 0 Å². The molecule has 1 amide bonds. The minimum Gasteiger partial charge on any atom is -0.481 e. The van der Waals surface area contributed by atoms with Crippen molar-refractivity contribution in [1.29, 1.82) is 0 Å². The van der Waals surface area contributed by atoms with Crippen LogP contribution in [0.2, 0.25) is 0 Å². The third-order valence-corrected chi connectivity index (χ3v) is 3.84. The number of carboxylic acids is 1. The average Bonchev–Trinajstić information content (AvgIpc) is 3.04. The lowest BCUT2D eigenvalue weighted by Gasteiger charge is -2.16. The van der Waals surface area contributed by atoms with Gasteiger partial charge in [-0.1, -0.05) is 0 Å². The van der Waals surface area contributed by atoms with Gasteiger partial charge in [-0.15, -0.1) is 0 Å². The van der Waals surface area contributed by atoms with Crippen molar-refractivity contribution in [2.45, 2.75) is 12.8 Å². The van der Waals surface area contributed by atoms with Crippen LogP contribution in [-0.2, 0) is 4.79 Å². The number of aromatic nitrogens is 1. The minimum atomic E-state index is -0.793. The average molecular weight is 272 g/mol. The van der Waals surface area contributed by atoms with Crippen LogP contribution >= 0.6 is 0 Å². The van der Waals surface area contributed by atoms with Crippen molar-refractivity contribution >= 4 is 22.8 Å². The number of benzene rings is 1. The topological polar surface area (TPSA) is 73.4 Å². The summed E-state index contributed by atoms with van der Waals surface area (Å²) in [6.45, 7) is 1.18. The molecule has 2 aromatic rings. The smallest absolute Gasteiger partial charge is 0.303 e. The first-order valence-electron chi connectivity index (χ1n) is 6.71. The predicted octanol–water partition coefficient (Wildman–Crippen LogP) is 2.10. The summed E-state index contributed by atoms with van der Waals surface area (Å²) in [7, 11) is 0. The number of aliphatic carboxylic acids is 1. The fourth-order valence-electron chi connectivity index (χ4n) is 2.80. The molecule has 1 atom stereocenters. The van der Waals surface area contributed by atoms with Gasteiger partial charge in [-0.25, -0.2) is 0 Å². The molecule has 2 heterocycles. The number of amides is 1. The van der Waals surface area contributed by atoms with Crippen LogP contribution in [0.15, 0.2) is 30.5 Å². The van der Waals surface area contributed by atoms with Crippen LogP contribution in [0.25, 0.3) is 10.9 Å². The Morgan fingerprint density at radius 3 is 3.00 bits per heavy atom. The van der Waals surface area contributed by atoms with Crippen molar-refractivity contribution in [3.63, 3.8) is 0 Å². The summed E-state index contributed by atoms with van der Waals surface area (Å²) in [4.78, 5) is 28.0. The highest BCUT2D eigenvalue weighted by Gasteiger charge is 2.28. The molecule has 0 spiro atoms. The van der Waals surface area contributed by atoms with Gasteiger partial charge < -0.3 is 15.0 Å². The molecule has 0 radical (unpaired) electrons. The number of carbonyl (C=O) groups is 2. The van der Waals surface area contributed by atoms with Crippen molar-refractivity contribution in [2.24, 2.45) is 5.92 Å². The van der Waals surface area contributed by atoms with Gasteiger partial charge in [-0.3, -0.25) is 9.59 Å². The molecule has 1 aliphatic rings. The summed E-state index contributed by atoms with van der Waals surface area (Å²) in [5, 5.41) is 9.81. The Balaban J connectivity index is 1.74. The monoisotopic (exact) mass is 272 g/mol. The number of hydrogen-bond donors (Lipinski definition) is 2.